The van der Waals surface area contributed by atoms with Gasteiger partial charge in [-0.3, -0.25) is 0 Å². The Kier molecular flexibility index (Phi) is 3.70. The summed E-state index contributed by atoms with van der Waals surface area (Å²) in [5, 5.41) is 0. The molecule has 0 amide bonds. The van der Waals surface area contributed by atoms with Crippen LogP contribution in [0.15, 0.2) is 6.07 Å². The monoisotopic (exact) mass is 262 g/mol. The molecule has 0 spiro atoms. The van der Waals surface area contributed by atoms with Crippen LogP contribution in [0.25, 0.3) is 0 Å². The molecule has 19 heavy (non-hydrogen) atoms. The van der Waals surface area contributed by atoms with Crippen LogP contribution in [0.1, 0.15) is 53.3 Å². The van der Waals surface area contributed by atoms with Gasteiger partial charge in [-0.25, -0.2) is 9.97 Å². The Labute approximate surface area is 116 Å². The maximum atomic E-state index is 5.96. The topological polar surface area (TPSA) is 55.0 Å². The first-order chi connectivity index (χ1) is 8.77. The van der Waals surface area contributed by atoms with Crippen molar-refractivity contribution in [1.29, 1.82) is 0 Å². The summed E-state index contributed by atoms with van der Waals surface area (Å²) in [4.78, 5) is 11.5. The molecule has 0 aromatic carbocycles. The van der Waals surface area contributed by atoms with E-state index in [9.17, 15) is 0 Å². The minimum absolute atomic E-state index is 0.0730. The second-order valence-corrected chi connectivity index (χ2v) is 6.90. The highest BCUT2D eigenvalue weighted by Crippen LogP contribution is 2.29. The van der Waals surface area contributed by atoms with E-state index in [0.717, 1.165) is 24.1 Å². The van der Waals surface area contributed by atoms with E-state index in [2.05, 4.69) is 44.5 Å². The highest BCUT2D eigenvalue weighted by atomic mass is 15.2. The number of hydrogen-bond acceptors (Lipinski definition) is 4. The van der Waals surface area contributed by atoms with Crippen molar-refractivity contribution in [2.45, 2.75) is 58.9 Å². The van der Waals surface area contributed by atoms with E-state index in [-0.39, 0.29) is 5.41 Å². The molecule has 4 heteroatoms. The molecule has 2 rings (SSSR count). The van der Waals surface area contributed by atoms with Crippen molar-refractivity contribution in [1.82, 2.24) is 9.97 Å². The van der Waals surface area contributed by atoms with Crippen molar-refractivity contribution < 1.29 is 0 Å². The van der Waals surface area contributed by atoms with Crippen LogP contribution in [-0.4, -0.2) is 22.6 Å². The molecule has 0 saturated carbocycles. The van der Waals surface area contributed by atoms with Crippen molar-refractivity contribution >= 4 is 11.6 Å². The first-order valence-electron chi connectivity index (χ1n) is 7.19. The third-order valence-electron chi connectivity index (χ3n) is 3.84. The van der Waals surface area contributed by atoms with Crippen LogP contribution < -0.4 is 10.6 Å². The van der Waals surface area contributed by atoms with E-state index in [1.54, 1.807) is 0 Å². The van der Waals surface area contributed by atoms with Crippen LogP contribution >= 0.6 is 0 Å². The third kappa shape index (κ3) is 3.17. The summed E-state index contributed by atoms with van der Waals surface area (Å²) >= 11 is 0. The molecule has 1 aromatic heterocycles. The zero-order chi connectivity index (χ0) is 14.2. The fourth-order valence-corrected chi connectivity index (χ4v) is 2.68. The van der Waals surface area contributed by atoms with Crippen LogP contribution in [0.5, 0.6) is 0 Å². The third-order valence-corrected chi connectivity index (χ3v) is 3.84. The number of hydrogen-bond donors (Lipinski definition) is 1. The molecule has 2 N–H and O–H groups in total. The quantitative estimate of drug-likeness (QED) is 0.845. The van der Waals surface area contributed by atoms with Crippen LogP contribution in [-0.2, 0) is 5.41 Å². The number of piperidine rings is 1. The molecule has 0 aliphatic carbocycles. The fourth-order valence-electron chi connectivity index (χ4n) is 2.68. The lowest BCUT2D eigenvalue weighted by Gasteiger charge is -2.37. The number of aromatic nitrogens is 2. The molecule has 0 radical (unpaired) electrons. The summed E-state index contributed by atoms with van der Waals surface area (Å²) in [6.45, 7) is 12.0. The predicted octanol–water partition coefficient (Wildman–Crippen LogP) is 2.98. The van der Waals surface area contributed by atoms with Gasteiger partial charge in [0.15, 0.2) is 0 Å². The molecule has 4 nitrogen and oxygen atoms in total. The number of nitrogen functional groups attached to an aromatic ring is 1. The van der Waals surface area contributed by atoms with Gasteiger partial charge in [-0.15, -0.1) is 0 Å². The van der Waals surface area contributed by atoms with Crippen molar-refractivity contribution in [2.24, 2.45) is 5.92 Å². The van der Waals surface area contributed by atoms with Gasteiger partial charge in [0.05, 0.1) is 0 Å². The summed E-state index contributed by atoms with van der Waals surface area (Å²) < 4.78 is 0. The number of anilines is 2. The SMILES string of the molecule is CC1CCN(c2cc(N)nc(C(C)(C)C)n2)C(C)C1. The average Bonchev–Trinajstić information content (AvgIpc) is 2.26. The Hall–Kier alpha value is -1.32. The van der Waals surface area contributed by atoms with Gasteiger partial charge >= 0.3 is 0 Å². The van der Waals surface area contributed by atoms with E-state index >= 15 is 0 Å². The smallest absolute Gasteiger partial charge is 0.138 e. The molecule has 2 heterocycles. The van der Waals surface area contributed by atoms with Gasteiger partial charge in [0.1, 0.15) is 17.5 Å². The van der Waals surface area contributed by atoms with Crippen LogP contribution in [0.2, 0.25) is 0 Å². The Morgan fingerprint density at radius 1 is 1.26 bits per heavy atom. The van der Waals surface area contributed by atoms with Gasteiger partial charge < -0.3 is 10.6 Å². The number of rotatable bonds is 1. The summed E-state index contributed by atoms with van der Waals surface area (Å²) in [6.07, 6.45) is 2.44. The molecule has 2 atom stereocenters. The molecular weight excluding hydrogens is 236 g/mol. The lowest BCUT2D eigenvalue weighted by Crippen LogP contribution is -2.41. The summed E-state index contributed by atoms with van der Waals surface area (Å²) in [5.74, 6) is 3.18. The first-order valence-corrected chi connectivity index (χ1v) is 7.19. The normalized spacial score (nSPS) is 24.6. The van der Waals surface area contributed by atoms with E-state index in [0.29, 0.717) is 11.9 Å². The van der Waals surface area contributed by atoms with Gasteiger partial charge in [0, 0.05) is 24.1 Å². The van der Waals surface area contributed by atoms with Gasteiger partial charge in [0.25, 0.3) is 0 Å². The van der Waals surface area contributed by atoms with Gasteiger partial charge in [-0.05, 0) is 25.7 Å². The van der Waals surface area contributed by atoms with Crippen LogP contribution in [0.3, 0.4) is 0 Å². The minimum Gasteiger partial charge on any atom is -0.384 e. The lowest BCUT2D eigenvalue weighted by atomic mass is 9.93. The van der Waals surface area contributed by atoms with Gasteiger partial charge in [-0.1, -0.05) is 27.7 Å². The predicted molar refractivity (Wildman–Crippen MR) is 80.4 cm³/mol. The summed E-state index contributed by atoms with van der Waals surface area (Å²) in [5.41, 5.74) is 5.88. The van der Waals surface area contributed by atoms with Gasteiger partial charge in [-0.2, -0.15) is 0 Å². The van der Waals surface area contributed by atoms with E-state index < -0.39 is 0 Å². The van der Waals surface area contributed by atoms with E-state index in [1.165, 1.54) is 12.8 Å². The highest BCUT2D eigenvalue weighted by Gasteiger charge is 2.26. The zero-order valence-electron chi connectivity index (χ0n) is 12.8. The molecule has 1 saturated heterocycles. The molecular formula is C15H26N4. The molecule has 1 aromatic rings. The molecule has 1 aliphatic rings. The van der Waals surface area contributed by atoms with E-state index in [4.69, 9.17) is 10.7 Å². The van der Waals surface area contributed by atoms with Crippen molar-refractivity contribution in [2.75, 3.05) is 17.2 Å². The summed E-state index contributed by atoms with van der Waals surface area (Å²) in [6, 6.07) is 2.42. The van der Waals surface area contributed by atoms with Crippen molar-refractivity contribution in [3.8, 4) is 0 Å². The maximum absolute atomic E-state index is 5.96. The second kappa shape index (κ2) is 4.99. The Morgan fingerprint density at radius 2 is 1.95 bits per heavy atom. The maximum Gasteiger partial charge on any atom is 0.138 e. The summed E-state index contributed by atoms with van der Waals surface area (Å²) in [7, 11) is 0. The van der Waals surface area contributed by atoms with Gasteiger partial charge in [0.2, 0.25) is 0 Å². The standard InChI is InChI=1S/C15H26N4/c1-10-6-7-19(11(2)8-10)13-9-12(16)17-14(18-13)15(3,4)5/h9-11H,6-8H2,1-5H3,(H2,16,17,18). The molecule has 1 fully saturated rings. The number of nitrogens with zero attached hydrogens (tertiary/aromatic N) is 3. The highest BCUT2D eigenvalue weighted by molar-refractivity contribution is 5.48. The molecule has 1 aliphatic heterocycles. The molecule has 0 bridgehead atoms. The van der Waals surface area contributed by atoms with Crippen LogP contribution in [0.4, 0.5) is 11.6 Å². The first kappa shape index (κ1) is 14.1. The Morgan fingerprint density at radius 3 is 2.53 bits per heavy atom. The largest absolute Gasteiger partial charge is 0.384 e. The Bertz CT molecular complexity index is 450. The van der Waals surface area contributed by atoms with Crippen molar-refractivity contribution in [3.05, 3.63) is 11.9 Å². The van der Waals surface area contributed by atoms with Crippen LogP contribution in [0, 0.1) is 5.92 Å². The van der Waals surface area contributed by atoms with Crippen molar-refractivity contribution in [3.63, 3.8) is 0 Å². The minimum atomic E-state index is -0.0730. The zero-order valence-corrected chi connectivity index (χ0v) is 12.8. The number of nitrogens with two attached hydrogens (primary N) is 1. The fraction of sp³-hybridized carbons (Fsp3) is 0.733. The average molecular weight is 262 g/mol. The Balaban J connectivity index is 2.32. The molecule has 2 unspecified atom stereocenters. The lowest BCUT2D eigenvalue weighted by molar-refractivity contribution is 0.375. The second-order valence-electron chi connectivity index (χ2n) is 6.90. The van der Waals surface area contributed by atoms with E-state index in [1.807, 2.05) is 6.07 Å². The molecule has 106 valence electrons.